The predicted octanol–water partition coefficient (Wildman–Crippen LogP) is 1.84. The molecule has 2 rings (SSSR count). The average molecular weight is 258 g/mol. The molecular weight excluding hydrogens is 246 g/mol. The minimum Gasteiger partial charge on any atom is -0.383 e. The number of aromatic nitrogens is 1. The van der Waals surface area contributed by atoms with Crippen molar-refractivity contribution in [3.8, 4) is 0 Å². The first kappa shape index (κ1) is 10.1. The van der Waals surface area contributed by atoms with Gasteiger partial charge in [0.05, 0.1) is 11.8 Å². The molecule has 1 aliphatic carbocycles. The van der Waals surface area contributed by atoms with E-state index in [1.807, 2.05) is 12.1 Å². The van der Waals surface area contributed by atoms with Crippen molar-refractivity contribution in [2.45, 2.75) is 24.5 Å². The maximum absolute atomic E-state index is 10.1. The minimum atomic E-state index is -0.776. The van der Waals surface area contributed by atoms with E-state index in [9.17, 15) is 5.11 Å². The fourth-order valence-electron chi connectivity index (χ4n) is 1.72. The molecule has 1 aromatic heterocycles. The SMILES string of the molecule is COC1CC(O)(c2ccc(Br)cn2)C1. The van der Waals surface area contributed by atoms with Crippen molar-refractivity contribution in [1.82, 2.24) is 4.98 Å². The van der Waals surface area contributed by atoms with Gasteiger partial charge in [-0.15, -0.1) is 0 Å². The molecule has 1 heterocycles. The van der Waals surface area contributed by atoms with E-state index in [4.69, 9.17) is 4.74 Å². The summed E-state index contributed by atoms with van der Waals surface area (Å²) >= 11 is 3.31. The molecule has 0 unspecified atom stereocenters. The van der Waals surface area contributed by atoms with Gasteiger partial charge in [0, 0.05) is 30.6 Å². The van der Waals surface area contributed by atoms with Gasteiger partial charge in [0.25, 0.3) is 0 Å². The Bertz CT molecular complexity index is 319. The van der Waals surface area contributed by atoms with Gasteiger partial charge < -0.3 is 9.84 Å². The Labute approximate surface area is 91.2 Å². The third-order valence-electron chi connectivity index (χ3n) is 2.67. The fraction of sp³-hybridized carbons (Fsp3) is 0.500. The molecule has 0 amide bonds. The second kappa shape index (κ2) is 3.61. The zero-order valence-electron chi connectivity index (χ0n) is 7.90. The van der Waals surface area contributed by atoms with Crippen LogP contribution in [0.3, 0.4) is 0 Å². The lowest BCUT2D eigenvalue weighted by molar-refractivity contribution is -0.135. The number of nitrogens with zero attached hydrogens (tertiary/aromatic N) is 1. The molecule has 0 radical (unpaired) electrons. The van der Waals surface area contributed by atoms with Crippen molar-refractivity contribution >= 4 is 15.9 Å². The molecule has 0 atom stereocenters. The summed E-state index contributed by atoms with van der Waals surface area (Å²) in [6.07, 6.45) is 3.15. The molecule has 0 aliphatic heterocycles. The van der Waals surface area contributed by atoms with Crippen molar-refractivity contribution in [3.05, 3.63) is 28.5 Å². The van der Waals surface area contributed by atoms with Crippen molar-refractivity contribution < 1.29 is 9.84 Å². The molecule has 1 saturated carbocycles. The Morgan fingerprint density at radius 1 is 1.57 bits per heavy atom. The number of methoxy groups -OCH3 is 1. The van der Waals surface area contributed by atoms with Gasteiger partial charge in [-0.05, 0) is 28.1 Å². The standard InChI is InChI=1S/C10H12BrNO2/c1-14-8-4-10(13,5-8)9-3-2-7(11)6-12-9/h2-3,6,8,13H,4-5H2,1H3. The zero-order valence-corrected chi connectivity index (χ0v) is 9.49. The van der Waals surface area contributed by atoms with E-state index < -0.39 is 5.60 Å². The molecule has 0 spiro atoms. The highest BCUT2D eigenvalue weighted by Gasteiger charge is 2.45. The zero-order chi connectivity index (χ0) is 10.2. The van der Waals surface area contributed by atoms with Crippen molar-refractivity contribution in [3.63, 3.8) is 0 Å². The molecule has 1 N–H and O–H groups in total. The second-order valence-electron chi connectivity index (χ2n) is 3.66. The number of aliphatic hydroxyl groups is 1. The molecule has 1 aliphatic rings. The number of pyridine rings is 1. The molecule has 0 saturated heterocycles. The van der Waals surface area contributed by atoms with Crippen LogP contribution in [0.25, 0.3) is 0 Å². The second-order valence-corrected chi connectivity index (χ2v) is 4.57. The first-order valence-electron chi connectivity index (χ1n) is 4.51. The van der Waals surface area contributed by atoms with Gasteiger partial charge in [0.15, 0.2) is 0 Å². The van der Waals surface area contributed by atoms with E-state index in [0.717, 1.165) is 10.2 Å². The quantitative estimate of drug-likeness (QED) is 0.880. The van der Waals surface area contributed by atoms with E-state index in [1.54, 1.807) is 13.3 Å². The van der Waals surface area contributed by atoms with Crippen LogP contribution in [-0.2, 0) is 10.3 Å². The number of halogens is 1. The van der Waals surface area contributed by atoms with Crippen LogP contribution in [-0.4, -0.2) is 23.3 Å². The summed E-state index contributed by atoms with van der Waals surface area (Å²) in [6.45, 7) is 0. The third-order valence-corrected chi connectivity index (χ3v) is 3.14. The van der Waals surface area contributed by atoms with Crippen LogP contribution in [0.1, 0.15) is 18.5 Å². The van der Waals surface area contributed by atoms with Crippen molar-refractivity contribution in [2.24, 2.45) is 0 Å². The summed E-state index contributed by atoms with van der Waals surface area (Å²) in [5.74, 6) is 0. The van der Waals surface area contributed by atoms with Gasteiger partial charge in [-0.2, -0.15) is 0 Å². The maximum atomic E-state index is 10.1. The average Bonchev–Trinajstić information content (AvgIpc) is 2.14. The number of hydrogen-bond acceptors (Lipinski definition) is 3. The molecule has 0 bridgehead atoms. The smallest absolute Gasteiger partial charge is 0.111 e. The Morgan fingerprint density at radius 3 is 2.79 bits per heavy atom. The highest BCUT2D eigenvalue weighted by atomic mass is 79.9. The Hall–Kier alpha value is -0.450. The molecule has 76 valence electrons. The Balaban J connectivity index is 2.13. The van der Waals surface area contributed by atoms with Crippen molar-refractivity contribution in [1.29, 1.82) is 0 Å². The number of ether oxygens (including phenoxy) is 1. The summed E-state index contributed by atoms with van der Waals surface area (Å²) in [5.41, 5.74) is -0.0459. The third kappa shape index (κ3) is 1.69. The topological polar surface area (TPSA) is 42.4 Å². The molecule has 4 heteroatoms. The van der Waals surface area contributed by atoms with Gasteiger partial charge in [0.2, 0.25) is 0 Å². The van der Waals surface area contributed by atoms with Gasteiger partial charge in [-0.3, -0.25) is 4.98 Å². The molecule has 1 fully saturated rings. The first-order valence-corrected chi connectivity index (χ1v) is 5.30. The normalized spacial score (nSPS) is 31.2. The first-order chi connectivity index (χ1) is 6.64. The van der Waals surface area contributed by atoms with Crippen LogP contribution >= 0.6 is 15.9 Å². The van der Waals surface area contributed by atoms with Gasteiger partial charge >= 0.3 is 0 Å². The van der Waals surface area contributed by atoms with Crippen LogP contribution in [0.5, 0.6) is 0 Å². The summed E-state index contributed by atoms with van der Waals surface area (Å²) in [4.78, 5) is 4.19. The molecule has 1 aromatic rings. The fourth-order valence-corrected chi connectivity index (χ4v) is 1.95. The highest BCUT2D eigenvalue weighted by molar-refractivity contribution is 9.10. The maximum Gasteiger partial charge on any atom is 0.111 e. The number of hydrogen-bond donors (Lipinski definition) is 1. The Morgan fingerprint density at radius 2 is 2.29 bits per heavy atom. The highest BCUT2D eigenvalue weighted by Crippen LogP contribution is 2.41. The largest absolute Gasteiger partial charge is 0.383 e. The summed E-state index contributed by atoms with van der Waals surface area (Å²) < 4.78 is 6.05. The van der Waals surface area contributed by atoms with E-state index >= 15 is 0 Å². The molecule has 3 nitrogen and oxygen atoms in total. The summed E-state index contributed by atoms with van der Waals surface area (Å²) in [7, 11) is 1.67. The van der Waals surface area contributed by atoms with E-state index in [2.05, 4.69) is 20.9 Å². The van der Waals surface area contributed by atoms with Crippen LogP contribution < -0.4 is 0 Å². The summed E-state index contributed by atoms with van der Waals surface area (Å²) in [6, 6.07) is 3.73. The van der Waals surface area contributed by atoms with Gasteiger partial charge in [0.1, 0.15) is 5.60 Å². The minimum absolute atomic E-state index is 0.172. The van der Waals surface area contributed by atoms with Gasteiger partial charge in [-0.1, -0.05) is 0 Å². The lowest BCUT2D eigenvalue weighted by Crippen LogP contribution is -2.45. The van der Waals surface area contributed by atoms with E-state index in [0.29, 0.717) is 12.8 Å². The Kier molecular flexibility index (Phi) is 2.60. The van der Waals surface area contributed by atoms with E-state index in [1.165, 1.54) is 0 Å². The number of rotatable bonds is 2. The summed E-state index contributed by atoms with van der Waals surface area (Å²) in [5, 5.41) is 10.1. The van der Waals surface area contributed by atoms with Crippen molar-refractivity contribution in [2.75, 3.05) is 7.11 Å². The molecule has 14 heavy (non-hydrogen) atoms. The van der Waals surface area contributed by atoms with Gasteiger partial charge in [-0.25, -0.2) is 0 Å². The molecule has 0 aromatic carbocycles. The van der Waals surface area contributed by atoms with Crippen LogP contribution in [0.2, 0.25) is 0 Å². The van der Waals surface area contributed by atoms with Crippen LogP contribution in [0.15, 0.2) is 22.8 Å². The predicted molar refractivity (Wildman–Crippen MR) is 55.9 cm³/mol. The van der Waals surface area contributed by atoms with Crippen LogP contribution in [0.4, 0.5) is 0 Å². The lowest BCUT2D eigenvalue weighted by Gasteiger charge is -2.42. The monoisotopic (exact) mass is 257 g/mol. The lowest BCUT2D eigenvalue weighted by atomic mass is 9.75. The van der Waals surface area contributed by atoms with Crippen LogP contribution in [0, 0.1) is 0 Å². The molecular formula is C10H12BrNO2. The van der Waals surface area contributed by atoms with E-state index in [-0.39, 0.29) is 6.10 Å².